The van der Waals surface area contributed by atoms with E-state index in [1.807, 2.05) is 25.1 Å². The van der Waals surface area contributed by atoms with Crippen molar-refractivity contribution in [3.05, 3.63) is 34.9 Å². The standard InChI is InChI=1S/C11H12BrClO/c1-8-9(7-13)3-2-4-10(8)11(14)5-6-12/h2-4H,5-7H2,1H3. The fourth-order valence-electron chi connectivity index (χ4n) is 1.35. The zero-order valence-corrected chi connectivity index (χ0v) is 10.4. The maximum Gasteiger partial charge on any atom is 0.163 e. The van der Waals surface area contributed by atoms with Crippen molar-refractivity contribution in [2.45, 2.75) is 19.2 Å². The number of alkyl halides is 2. The molecule has 3 heteroatoms. The SMILES string of the molecule is Cc1c(CCl)cccc1C(=O)CCBr. The smallest absolute Gasteiger partial charge is 0.163 e. The molecule has 0 amide bonds. The molecule has 0 radical (unpaired) electrons. The largest absolute Gasteiger partial charge is 0.294 e. The second-order valence-electron chi connectivity index (χ2n) is 3.09. The highest BCUT2D eigenvalue weighted by Crippen LogP contribution is 2.17. The molecule has 76 valence electrons. The average molecular weight is 276 g/mol. The van der Waals surface area contributed by atoms with Crippen LogP contribution in [0.1, 0.15) is 27.9 Å². The summed E-state index contributed by atoms with van der Waals surface area (Å²) >= 11 is 9.03. The maximum atomic E-state index is 11.7. The molecule has 0 aromatic heterocycles. The molecule has 0 aliphatic heterocycles. The summed E-state index contributed by atoms with van der Waals surface area (Å²) in [6.45, 7) is 1.94. The zero-order chi connectivity index (χ0) is 10.6. The molecule has 0 saturated carbocycles. The van der Waals surface area contributed by atoms with E-state index in [4.69, 9.17) is 11.6 Å². The van der Waals surface area contributed by atoms with Crippen LogP contribution in [-0.4, -0.2) is 11.1 Å². The molecule has 1 nitrogen and oxygen atoms in total. The molecular weight excluding hydrogens is 263 g/mol. The van der Waals surface area contributed by atoms with Gasteiger partial charge in [-0.2, -0.15) is 0 Å². The Hall–Kier alpha value is -0.340. The van der Waals surface area contributed by atoms with Gasteiger partial charge in [0, 0.05) is 23.2 Å². The van der Waals surface area contributed by atoms with Gasteiger partial charge in [-0.25, -0.2) is 0 Å². The second kappa shape index (κ2) is 5.52. The van der Waals surface area contributed by atoms with Crippen molar-refractivity contribution in [3.8, 4) is 0 Å². The van der Waals surface area contributed by atoms with Gasteiger partial charge >= 0.3 is 0 Å². The molecular formula is C11H12BrClO. The number of hydrogen-bond acceptors (Lipinski definition) is 1. The van der Waals surface area contributed by atoms with E-state index in [2.05, 4.69) is 15.9 Å². The molecule has 0 bridgehead atoms. The third-order valence-electron chi connectivity index (χ3n) is 2.21. The van der Waals surface area contributed by atoms with Crippen LogP contribution in [0.4, 0.5) is 0 Å². The minimum absolute atomic E-state index is 0.173. The van der Waals surface area contributed by atoms with Gasteiger partial charge in [0.15, 0.2) is 5.78 Å². The lowest BCUT2D eigenvalue weighted by atomic mass is 9.99. The molecule has 0 N–H and O–H groups in total. The van der Waals surface area contributed by atoms with Crippen LogP contribution in [-0.2, 0) is 5.88 Å². The Morgan fingerprint density at radius 1 is 1.50 bits per heavy atom. The Labute approximate surface area is 97.6 Å². The van der Waals surface area contributed by atoms with E-state index in [1.165, 1.54) is 0 Å². The number of halogens is 2. The first-order valence-electron chi connectivity index (χ1n) is 4.44. The van der Waals surface area contributed by atoms with Crippen LogP contribution < -0.4 is 0 Å². The molecule has 1 aromatic rings. The summed E-state index contributed by atoms with van der Waals surface area (Å²) in [5.41, 5.74) is 2.84. The van der Waals surface area contributed by atoms with Gasteiger partial charge in [0.05, 0.1) is 0 Å². The monoisotopic (exact) mass is 274 g/mol. The van der Waals surface area contributed by atoms with Crippen molar-refractivity contribution >= 4 is 33.3 Å². The second-order valence-corrected chi connectivity index (χ2v) is 4.15. The van der Waals surface area contributed by atoms with Crippen LogP contribution in [0.25, 0.3) is 0 Å². The van der Waals surface area contributed by atoms with Gasteiger partial charge in [-0.15, -0.1) is 11.6 Å². The average Bonchev–Trinajstić information content (AvgIpc) is 2.18. The molecule has 0 unspecified atom stereocenters. The predicted octanol–water partition coefficient (Wildman–Crippen LogP) is 3.70. The number of Topliss-reactive ketones (excluding diaryl/α,β-unsaturated/α-hetero) is 1. The van der Waals surface area contributed by atoms with E-state index in [0.29, 0.717) is 17.6 Å². The van der Waals surface area contributed by atoms with Gasteiger partial charge in [-0.1, -0.05) is 34.1 Å². The van der Waals surface area contributed by atoms with Crippen molar-refractivity contribution in [3.63, 3.8) is 0 Å². The van der Waals surface area contributed by atoms with Crippen molar-refractivity contribution < 1.29 is 4.79 Å². The minimum Gasteiger partial charge on any atom is -0.294 e. The summed E-state index contributed by atoms with van der Waals surface area (Å²) in [5, 5.41) is 0.705. The van der Waals surface area contributed by atoms with Gasteiger partial charge < -0.3 is 0 Å². The Balaban J connectivity index is 3.03. The molecule has 14 heavy (non-hydrogen) atoms. The molecule has 1 aromatic carbocycles. The number of carbonyl (C=O) groups is 1. The zero-order valence-electron chi connectivity index (χ0n) is 8.02. The van der Waals surface area contributed by atoms with Crippen molar-refractivity contribution in [1.29, 1.82) is 0 Å². The quantitative estimate of drug-likeness (QED) is 0.605. The van der Waals surface area contributed by atoms with E-state index in [0.717, 1.165) is 16.7 Å². The Morgan fingerprint density at radius 3 is 2.79 bits per heavy atom. The molecule has 0 heterocycles. The fraction of sp³-hybridized carbons (Fsp3) is 0.364. The first kappa shape index (κ1) is 11.7. The topological polar surface area (TPSA) is 17.1 Å². The van der Waals surface area contributed by atoms with E-state index in [1.54, 1.807) is 0 Å². The summed E-state index contributed by atoms with van der Waals surface area (Å²) in [6, 6.07) is 5.69. The number of carbonyl (C=O) groups excluding carboxylic acids is 1. The molecule has 0 atom stereocenters. The van der Waals surface area contributed by atoms with Crippen LogP contribution in [0.2, 0.25) is 0 Å². The van der Waals surface area contributed by atoms with Crippen LogP contribution in [0.15, 0.2) is 18.2 Å². The van der Waals surface area contributed by atoms with E-state index >= 15 is 0 Å². The molecule has 0 aliphatic carbocycles. The van der Waals surface area contributed by atoms with E-state index < -0.39 is 0 Å². The molecule has 0 aliphatic rings. The predicted molar refractivity (Wildman–Crippen MR) is 63.5 cm³/mol. The summed E-state index contributed by atoms with van der Waals surface area (Å²) in [4.78, 5) is 11.7. The minimum atomic E-state index is 0.173. The summed E-state index contributed by atoms with van der Waals surface area (Å²) in [7, 11) is 0. The van der Waals surface area contributed by atoms with Crippen LogP contribution in [0.3, 0.4) is 0 Å². The Morgan fingerprint density at radius 2 is 2.21 bits per heavy atom. The molecule has 0 saturated heterocycles. The summed E-state index contributed by atoms with van der Waals surface area (Å²) in [5.74, 6) is 0.632. The highest BCUT2D eigenvalue weighted by atomic mass is 79.9. The number of ketones is 1. The highest BCUT2D eigenvalue weighted by Gasteiger charge is 2.09. The lowest BCUT2D eigenvalue weighted by Crippen LogP contribution is -2.03. The molecule has 0 fully saturated rings. The number of benzene rings is 1. The first-order valence-corrected chi connectivity index (χ1v) is 6.10. The summed E-state index contributed by atoms with van der Waals surface area (Å²) < 4.78 is 0. The number of hydrogen-bond donors (Lipinski definition) is 0. The van der Waals surface area contributed by atoms with Crippen LogP contribution in [0, 0.1) is 6.92 Å². The molecule has 1 rings (SSSR count). The van der Waals surface area contributed by atoms with Gasteiger partial charge in [-0.05, 0) is 18.1 Å². The Kier molecular flexibility index (Phi) is 4.63. The Bertz CT molecular complexity index is 336. The van der Waals surface area contributed by atoms with Crippen molar-refractivity contribution in [2.75, 3.05) is 5.33 Å². The first-order chi connectivity index (χ1) is 6.70. The van der Waals surface area contributed by atoms with Gasteiger partial charge in [0.25, 0.3) is 0 Å². The van der Waals surface area contributed by atoms with Crippen LogP contribution >= 0.6 is 27.5 Å². The third-order valence-corrected chi connectivity index (χ3v) is 2.90. The summed E-state index contributed by atoms with van der Waals surface area (Å²) in [6.07, 6.45) is 0.534. The van der Waals surface area contributed by atoms with E-state index in [9.17, 15) is 4.79 Å². The van der Waals surface area contributed by atoms with Crippen molar-refractivity contribution in [1.82, 2.24) is 0 Å². The highest BCUT2D eigenvalue weighted by molar-refractivity contribution is 9.09. The molecule has 0 spiro atoms. The third kappa shape index (κ3) is 2.58. The van der Waals surface area contributed by atoms with Crippen LogP contribution in [0.5, 0.6) is 0 Å². The van der Waals surface area contributed by atoms with Gasteiger partial charge in [0.1, 0.15) is 0 Å². The maximum absolute atomic E-state index is 11.7. The normalized spacial score (nSPS) is 10.2. The lowest BCUT2D eigenvalue weighted by Gasteiger charge is -2.07. The van der Waals surface area contributed by atoms with E-state index in [-0.39, 0.29) is 5.78 Å². The van der Waals surface area contributed by atoms with Crippen molar-refractivity contribution in [2.24, 2.45) is 0 Å². The van der Waals surface area contributed by atoms with Gasteiger partial charge in [-0.3, -0.25) is 4.79 Å². The lowest BCUT2D eigenvalue weighted by molar-refractivity contribution is 0.0989. The van der Waals surface area contributed by atoms with Gasteiger partial charge in [0.2, 0.25) is 0 Å². The fourth-order valence-corrected chi connectivity index (χ4v) is 2.00. The number of rotatable bonds is 4.